The van der Waals surface area contributed by atoms with Crippen molar-refractivity contribution in [2.24, 2.45) is 0 Å². The highest BCUT2D eigenvalue weighted by molar-refractivity contribution is 5.83. The molecule has 3 aromatic rings. The van der Waals surface area contributed by atoms with E-state index in [-0.39, 0.29) is 12.3 Å². The summed E-state index contributed by atoms with van der Waals surface area (Å²) < 4.78 is 138. The molecule has 0 aliphatic heterocycles. The van der Waals surface area contributed by atoms with Crippen LogP contribution < -0.4 is 0 Å². The molecule has 0 atom stereocenters. The number of halogens is 10. The molecule has 14 heteroatoms. The molecule has 0 aliphatic carbocycles. The molecular weight excluding hydrogens is 454 g/mol. The predicted octanol–water partition coefficient (Wildman–Crippen LogP) is 5.71. The van der Waals surface area contributed by atoms with Gasteiger partial charge in [-0.3, -0.25) is 10.1 Å². The summed E-state index contributed by atoms with van der Waals surface area (Å²) in [5.41, 5.74) is -8.02. The van der Waals surface area contributed by atoms with Crippen LogP contribution in [0, 0.1) is 68.3 Å². The van der Waals surface area contributed by atoms with Crippen molar-refractivity contribution in [2.45, 2.75) is 0 Å². The number of rotatable bonds is 3. The van der Waals surface area contributed by atoms with E-state index >= 15 is 0 Å². The van der Waals surface area contributed by atoms with Crippen molar-refractivity contribution in [2.75, 3.05) is 0 Å². The number of hydrogen-bond donors (Lipinski definition) is 0. The van der Waals surface area contributed by atoms with E-state index < -0.39 is 91.2 Å². The number of pyridine rings is 1. The Labute approximate surface area is 163 Å². The summed E-state index contributed by atoms with van der Waals surface area (Å²) in [4.78, 5) is 12.8. The SMILES string of the molecule is O=[N+]([O-])c1cnc(-c2c(F)c(F)c(F)c(F)c2F)c(-c2c(F)c(F)c(F)c(F)c2F)c1. The van der Waals surface area contributed by atoms with Crippen LogP contribution in [0.25, 0.3) is 22.4 Å². The van der Waals surface area contributed by atoms with E-state index in [0.29, 0.717) is 0 Å². The van der Waals surface area contributed by atoms with Gasteiger partial charge in [0.25, 0.3) is 5.69 Å². The maximum Gasteiger partial charge on any atom is 0.288 e. The Balaban J connectivity index is 2.54. The van der Waals surface area contributed by atoms with Crippen molar-refractivity contribution in [3.05, 3.63) is 80.5 Å². The minimum Gasteiger partial charge on any atom is -0.258 e. The Morgan fingerprint density at radius 2 is 0.968 bits per heavy atom. The molecule has 162 valence electrons. The zero-order valence-electron chi connectivity index (χ0n) is 14.1. The fraction of sp³-hybridized carbons (Fsp3) is 0. The quantitative estimate of drug-likeness (QED) is 0.167. The Kier molecular flexibility index (Phi) is 5.33. The monoisotopic (exact) mass is 456 g/mol. The van der Waals surface area contributed by atoms with Crippen molar-refractivity contribution in [1.82, 2.24) is 4.98 Å². The van der Waals surface area contributed by atoms with Gasteiger partial charge in [-0.2, -0.15) is 0 Å². The highest BCUT2D eigenvalue weighted by Gasteiger charge is 2.33. The van der Waals surface area contributed by atoms with Gasteiger partial charge in [0.05, 0.1) is 21.7 Å². The topological polar surface area (TPSA) is 56.0 Å². The highest BCUT2D eigenvalue weighted by Crippen LogP contribution is 2.41. The fourth-order valence-corrected chi connectivity index (χ4v) is 2.60. The summed E-state index contributed by atoms with van der Waals surface area (Å²) in [5, 5.41) is 10.9. The van der Waals surface area contributed by atoms with Gasteiger partial charge in [0.1, 0.15) is 6.20 Å². The van der Waals surface area contributed by atoms with E-state index in [4.69, 9.17) is 0 Å². The van der Waals surface area contributed by atoms with Gasteiger partial charge in [-0.05, 0) is 0 Å². The summed E-state index contributed by atoms with van der Waals surface area (Å²) in [6.45, 7) is 0. The largest absolute Gasteiger partial charge is 0.288 e. The molecule has 2 aromatic carbocycles. The van der Waals surface area contributed by atoms with Gasteiger partial charge in [-0.1, -0.05) is 0 Å². The first-order chi connectivity index (χ1) is 14.4. The molecule has 4 nitrogen and oxygen atoms in total. The first kappa shape index (κ1) is 22.0. The molecule has 0 radical (unpaired) electrons. The van der Waals surface area contributed by atoms with Crippen LogP contribution in [0.4, 0.5) is 49.6 Å². The van der Waals surface area contributed by atoms with Crippen molar-refractivity contribution in [3.63, 3.8) is 0 Å². The van der Waals surface area contributed by atoms with Crippen LogP contribution in [0.15, 0.2) is 12.3 Å². The van der Waals surface area contributed by atoms with Crippen molar-refractivity contribution in [3.8, 4) is 22.4 Å². The molecule has 0 saturated heterocycles. The summed E-state index contributed by atoms with van der Waals surface area (Å²) >= 11 is 0. The van der Waals surface area contributed by atoms with Crippen molar-refractivity contribution in [1.29, 1.82) is 0 Å². The van der Waals surface area contributed by atoms with Gasteiger partial charge in [-0.15, -0.1) is 0 Å². The second kappa shape index (κ2) is 7.52. The first-order valence-corrected chi connectivity index (χ1v) is 7.58. The van der Waals surface area contributed by atoms with Crippen molar-refractivity contribution >= 4 is 5.69 Å². The number of nitro groups is 1. The maximum atomic E-state index is 14.2. The molecule has 3 rings (SSSR count). The molecule has 0 fully saturated rings. The van der Waals surface area contributed by atoms with E-state index in [1.165, 1.54) is 0 Å². The van der Waals surface area contributed by atoms with E-state index in [1.807, 2.05) is 0 Å². The van der Waals surface area contributed by atoms with E-state index in [9.17, 15) is 54.0 Å². The molecule has 31 heavy (non-hydrogen) atoms. The zero-order chi connectivity index (χ0) is 23.4. The molecule has 1 heterocycles. The predicted molar refractivity (Wildman–Crippen MR) is 81.3 cm³/mol. The molecule has 1 aromatic heterocycles. The number of benzene rings is 2. The van der Waals surface area contributed by atoms with E-state index in [1.54, 1.807) is 0 Å². The zero-order valence-corrected chi connectivity index (χ0v) is 14.1. The number of aromatic nitrogens is 1. The van der Waals surface area contributed by atoms with Gasteiger partial charge in [0.2, 0.25) is 11.6 Å². The summed E-state index contributed by atoms with van der Waals surface area (Å²) in [5.74, 6) is -25.7. The lowest BCUT2D eigenvalue weighted by Crippen LogP contribution is -2.09. The Morgan fingerprint density at radius 3 is 1.35 bits per heavy atom. The minimum absolute atomic E-state index is 0.0959. The van der Waals surface area contributed by atoms with Crippen LogP contribution in [-0.2, 0) is 0 Å². The number of hydrogen-bond acceptors (Lipinski definition) is 3. The Hall–Kier alpha value is -3.71. The van der Waals surface area contributed by atoms with Crippen LogP contribution >= 0.6 is 0 Å². The third-order valence-corrected chi connectivity index (χ3v) is 4.01. The smallest absolute Gasteiger partial charge is 0.258 e. The summed E-state index contributed by atoms with van der Waals surface area (Å²) in [6.07, 6.45) is 0.211. The van der Waals surface area contributed by atoms with E-state index in [0.717, 1.165) is 0 Å². The first-order valence-electron chi connectivity index (χ1n) is 7.58. The second-order valence-electron chi connectivity index (χ2n) is 5.74. The molecule has 0 unspecified atom stereocenters. The third-order valence-electron chi connectivity index (χ3n) is 4.01. The summed E-state index contributed by atoms with van der Waals surface area (Å²) in [6, 6.07) is 0.0959. The Bertz CT molecular complexity index is 1220. The van der Waals surface area contributed by atoms with Crippen LogP contribution in [0.1, 0.15) is 0 Å². The second-order valence-corrected chi connectivity index (χ2v) is 5.74. The van der Waals surface area contributed by atoms with E-state index in [2.05, 4.69) is 4.98 Å². The fourth-order valence-electron chi connectivity index (χ4n) is 2.60. The van der Waals surface area contributed by atoms with Crippen LogP contribution in [0.2, 0.25) is 0 Å². The van der Waals surface area contributed by atoms with Crippen molar-refractivity contribution < 1.29 is 48.8 Å². The van der Waals surface area contributed by atoms with Crippen LogP contribution in [-0.4, -0.2) is 9.91 Å². The molecule has 0 aliphatic rings. The Morgan fingerprint density at radius 1 is 0.613 bits per heavy atom. The molecule has 0 amide bonds. The van der Waals surface area contributed by atoms with Gasteiger partial charge in [0, 0.05) is 11.6 Å². The normalized spacial score (nSPS) is 11.2. The average molecular weight is 456 g/mol. The lowest BCUT2D eigenvalue weighted by Gasteiger charge is -2.14. The van der Waals surface area contributed by atoms with Gasteiger partial charge < -0.3 is 0 Å². The summed E-state index contributed by atoms with van der Waals surface area (Å²) in [7, 11) is 0. The number of nitrogens with zero attached hydrogens (tertiary/aromatic N) is 2. The van der Waals surface area contributed by atoms with Gasteiger partial charge >= 0.3 is 0 Å². The lowest BCUT2D eigenvalue weighted by molar-refractivity contribution is -0.385. The molecule has 0 spiro atoms. The van der Waals surface area contributed by atoms with Gasteiger partial charge in [-0.25, -0.2) is 48.9 Å². The lowest BCUT2D eigenvalue weighted by atomic mass is 9.96. The molecular formula is C17H2F10N2O2. The highest BCUT2D eigenvalue weighted by atomic mass is 19.2. The molecule has 0 bridgehead atoms. The third kappa shape index (κ3) is 3.23. The standard InChI is InChI=1S/C17H2F10N2O2/c18-7-5(8(19)12(23)15(26)11(7)22)4-1-3(29(30)31)2-28-17(4)6-9(20)13(24)16(27)14(25)10(6)21/h1-2H. The van der Waals surface area contributed by atoms with Crippen LogP contribution in [0.3, 0.4) is 0 Å². The van der Waals surface area contributed by atoms with Crippen LogP contribution in [0.5, 0.6) is 0 Å². The molecule has 0 saturated carbocycles. The minimum atomic E-state index is -2.63. The molecule has 0 N–H and O–H groups in total. The average Bonchev–Trinajstić information content (AvgIpc) is 2.74. The van der Waals surface area contributed by atoms with Gasteiger partial charge in [0.15, 0.2) is 46.5 Å². The maximum absolute atomic E-state index is 14.2.